The minimum absolute atomic E-state index is 0.0834. The molecule has 0 aliphatic carbocycles. The molecular formula is C18H19ClFN3O3. The maximum Gasteiger partial charge on any atom is 0.426 e. The van der Waals surface area contributed by atoms with E-state index in [1.807, 2.05) is 19.0 Å². The smallest absolute Gasteiger partial charge is 0.426 e. The molecule has 0 saturated heterocycles. The van der Waals surface area contributed by atoms with Crippen molar-refractivity contribution in [1.29, 1.82) is 0 Å². The van der Waals surface area contributed by atoms with Crippen LogP contribution < -0.4 is 15.8 Å². The van der Waals surface area contributed by atoms with Crippen LogP contribution in [0.2, 0.25) is 5.02 Å². The fourth-order valence-corrected chi connectivity index (χ4v) is 2.40. The molecule has 0 spiro atoms. The van der Waals surface area contributed by atoms with E-state index in [1.165, 1.54) is 12.1 Å². The minimum Gasteiger partial charge on any atom is -0.448 e. The van der Waals surface area contributed by atoms with Gasteiger partial charge in [0.25, 0.3) is 5.91 Å². The van der Waals surface area contributed by atoms with Gasteiger partial charge in [0.05, 0.1) is 6.61 Å². The molecular weight excluding hydrogens is 361 g/mol. The zero-order valence-corrected chi connectivity index (χ0v) is 15.1. The van der Waals surface area contributed by atoms with Crippen molar-refractivity contribution < 1.29 is 18.7 Å². The van der Waals surface area contributed by atoms with Crippen molar-refractivity contribution in [3.8, 4) is 0 Å². The van der Waals surface area contributed by atoms with Crippen LogP contribution in [0.15, 0.2) is 42.5 Å². The van der Waals surface area contributed by atoms with E-state index < -0.39 is 17.8 Å². The second-order valence-electron chi connectivity index (χ2n) is 5.61. The van der Waals surface area contributed by atoms with Crippen LogP contribution in [0.25, 0.3) is 0 Å². The summed E-state index contributed by atoms with van der Waals surface area (Å²) in [5.74, 6) is -0.944. The summed E-state index contributed by atoms with van der Waals surface area (Å²) in [7, 11) is 3.78. The Morgan fingerprint density at radius 3 is 2.42 bits per heavy atom. The predicted octanol–water partition coefficient (Wildman–Crippen LogP) is 3.16. The monoisotopic (exact) mass is 379 g/mol. The van der Waals surface area contributed by atoms with E-state index in [2.05, 4.69) is 10.9 Å². The average Bonchev–Trinajstić information content (AvgIpc) is 2.62. The SMILES string of the molecule is CN(C)c1ccc(C(=O)NNC(=O)OCCc2c(F)cccc2Cl)cc1. The van der Waals surface area contributed by atoms with E-state index in [9.17, 15) is 14.0 Å². The number of hydrazine groups is 1. The summed E-state index contributed by atoms with van der Waals surface area (Å²) < 4.78 is 18.5. The molecule has 26 heavy (non-hydrogen) atoms. The van der Waals surface area contributed by atoms with Crippen LogP contribution in [0.1, 0.15) is 15.9 Å². The number of rotatable bonds is 5. The van der Waals surface area contributed by atoms with Gasteiger partial charge in [-0.3, -0.25) is 10.2 Å². The van der Waals surface area contributed by atoms with Gasteiger partial charge in [-0.25, -0.2) is 14.6 Å². The Morgan fingerprint density at radius 1 is 1.12 bits per heavy atom. The number of hydrogen-bond donors (Lipinski definition) is 2. The lowest BCUT2D eigenvalue weighted by Crippen LogP contribution is -2.42. The number of halogens is 2. The maximum absolute atomic E-state index is 13.6. The van der Waals surface area contributed by atoms with Gasteiger partial charge in [-0.2, -0.15) is 0 Å². The molecule has 2 N–H and O–H groups in total. The summed E-state index contributed by atoms with van der Waals surface area (Å²) in [5, 5.41) is 0.267. The average molecular weight is 380 g/mol. The zero-order valence-electron chi connectivity index (χ0n) is 14.4. The Balaban J connectivity index is 1.77. The molecule has 0 saturated carbocycles. The first-order valence-corrected chi connectivity index (χ1v) is 8.19. The fourth-order valence-electron chi connectivity index (χ4n) is 2.14. The Hall–Kier alpha value is -2.80. The first-order valence-electron chi connectivity index (χ1n) is 7.82. The quantitative estimate of drug-likeness (QED) is 0.783. The standard InChI is InChI=1S/C18H19ClFN3O3/c1-23(2)13-8-6-12(7-9-13)17(24)21-22-18(25)26-11-10-14-15(19)4-3-5-16(14)20/h3-9H,10-11H2,1-2H3,(H,21,24)(H,22,25). The van der Waals surface area contributed by atoms with Gasteiger partial charge in [0.1, 0.15) is 5.82 Å². The Labute approximate surface area is 155 Å². The molecule has 0 unspecified atom stereocenters. The lowest BCUT2D eigenvalue weighted by atomic mass is 10.1. The molecule has 0 aromatic heterocycles. The molecule has 0 atom stereocenters. The van der Waals surface area contributed by atoms with E-state index in [0.29, 0.717) is 5.56 Å². The maximum atomic E-state index is 13.6. The van der Waals surface area contributed by atoms with E-state index in [1.54, 1.807) is 30.3 Å². The molecule has 0 fully saturated rings. The van der Waals surface area contributed by atoms with E-state index >= 15 is 0 Å². The zero-order chi connectivity index (χ0) is 19.1. The molecule has 2 aromatic rings. The highest BCUT2D eigenvalue weighted by molar-refractivity contribution is 6.31. The number of carbonyl (C=O) groups excluding carboxylic acids is 2. The van der Waals surface area contributed by atoms with Gasteiger partial charge in [-0.15, -0.1) is 0 Å². The molecule has 0 heterocycles. The normalized spacial score (nSPS) is 10.2. The third-order valence-electron chi connectivity index (χ3n) is 3.57. The first kappa shape index (κ1) is 19.5. The number of carbonyl (C=O) groups is 2. The van der Waals surface area contributed by atoms with E-state index in [4.69, 9.17) is 16.3 Å². The van der Waals surface area contributed by atoms with Gasteiger partial charge in [-0.05, 0) is 36.4 Å². The third-order valence-corrected chi connectivity index (χ3v) is 3.93. The fraction of sp³-hybridized carbons (Fsp3) is 0.222. The van der Waals surface area contributed by atoms with Crippen LogP contribution in [-0.2, 0) is 11.2 Å². The highest BCUT2D eigenvalue weighted by atomic mass is 35.5. The molecule has 0 aliphatic rings. The summed E-state index contributed by atoms with van der Waals surface area (Å²) in [6.07, 6.45) is -0.727. The number of benzene rings is 2. The number of nitrogens with one attached hydrogen (secondary N) is 2. The summed E-state index contributed by atoms with van der Waals surface area (Å²) in [6.45, 7) is -0.0834. The first-order chi connectivity index (χ1) is 12.4. The third kappa shape index (κ3) is 5.35. The van der Waals surface area contributed by atoms with Crippen LogP contribution in [0, 0.1) is 5.82 Å². The molecule has 2 rings (SSSR count). The summed E-state index contributed by atoms with van der Waals surface area (Å²) >= 11 is 5.89. The largest absolute Gasteiger partial charge is 0.448 e. The molecule has 0 aliphatic heterocycles. The molecule has 138 valence electrons. The molecule has 8 heteroatoms. The second-order valence-corrected chi connectivity index (χ2v) is 6.01. The van der Waals surface area contributed by atoms with Crippen LogP contribution >= 0.6 is 11.6 Å². The Morgan fingerprint density at radius 2 is 1.81 bits per heavy atom. The molecule has 0 radical (unpaired) electrons. The molecule has 2 amide bonds. The lowest BCUT2D eigenvalue weighted by molar-refractivity contribution is 0.0910. The molecule has 2 aromatic carbocycles. The number of ether oxygens (including phenoxy) is 1. The number of anilines is 1. The van der Waals surface area contributed by atoms with E-state index in [0.717, 1.165) is 5.69 Å². The highest BCUT2D eigenvalue weighted by Gasteiger charge is 2.10. The van der Waals surface area contributed by atoms with Gasteiger partial charge in [-0.1, -0.05) is 17.7 Å². The van der Waals surface area contributed by atoms with Crippen LogP contribution in [0.4, 0.5) is 14.9 Å². The Bertz CT molecular complexity index is 762. The van der Waals surface area contributed by atoms with Gasteiger partial charge in [0.2, 0.25) is 0 Å². The van der Waals surface area contributed by atoms with Crippen LogP contribution in [0.3, 0.4) is 0 Å². The van der Waals surface area contributed by atoms with Crippen molar-refractivity contribution >= 4 is 29.3 Å². The van der Waals surface area contributed by atoms with Gasteiger partial charge in [0.15, 0.2) is 0 Å². The lowest BCUT2D eigenvalue weighted by Gasteiger charge is -2.13. The van der Waals surface area contributed by atoms with Crippen LogP contribution in [0.5, 0.6) is 0 Å². The summed E-state index contributed by atoms with van der Waals surface area (Å²) in [4.78, 5) is 25.5. The highest BCUT2D eigenvalue weighted by Crippen LogP contribution is 2.19. The molecule has 6 nitrogen and oxygen atoms in total. The summed E-state index contributed by atoms with van der Waals surface area (Å²) in [5.41, 5.74) is 5.98. The van der Waals surface area contributed by atoms with Gasteiger partial charge >= 0.3 is 6.09 Å². The number of hydrogen-bond acceptors (Lipinski definition) is 4. The Kier molecular flexibility index (Phi) is 6.80. The number of amides is 2. The van der Waals surface area contributed by atoms with Crippen molar-refractivity contribution in [2.45, 2.75) is 6.42 Å². The summed E-state index contributed by atoms with van der Waals surface area (Å²) in [6, 6.07) is 11.2. The second kappa shape index (κ2) is 9.05. The van der Waals surface area contributed by atoms with Gasteiger partial charge in [0, 0.05) is 42.4 Å². The minimum atomic E-state index is -0.851. The number of nitrogens with zero attached hydrogens (tertiary/aromatic N) is 1. The van der Waals surface area contributed by atoms with Crippen molar-refractivity contribution in [2.75, 3.05) is 25.6 Å². The van der Waals surface area contributed by atoms with Crippen molar-refractivity contribution in [2.24, 2.45) is 0 Å². The predicted molar refractivity (Wildman–Crippen MR) is 97.8 cm³/mol. The van der Waals surface area contributed by atoms with Gasteiger partial charge < -0.3 is 9.64 Å². The van der Waals surface area contributed by atoms with Crippen molar-refractivity contribution in [3.63, 3.8) is 0 Å². The van der Waals surface area contributed by atoms with Crippen molar-refractivity contribution in [3.05, 3.63) is 64.4 Å². The van der Waals surface area contributed by atoms with E-state index in [-0.39, 0.29) is 23.6 Å². The molecule has 0 bridgehead atoms. The van der Waals surface area contributed by atoms with Crippen LogP contribution in [-0.4, -0.2) is 32.7 Å². The topological polar surface area (TPSA) is 70.7 Å². The van der Waals surface area contributed by atoms with Crippen molar-refractivity contribution in [1.82, 2.24) is 10.9 Å².